The average molecular weight is 300 g/mol. The van der Waals surface area contributed by atoms with Crippen LogP contribution in [0.3, 0.4) is 0 Å². The third-order valence-electron chi connectivity index (χ3n) is 2.65. The van der Waals surface area contributed by atoms with E-state index in [-0.39, 0.29) is 15.9 Å². The summed E-state index contributed by atoms with van der Waals surface area (Å²) in [6.07, 6.45) is 0. The highest BCUT2D eigenvalue weighted by Gasteiger charge is 2.21. The van der Waals surface area contributed by atoms with Crippen molar-refractivity contribution in [2.75, 3.05) is 18.5 Å². The number of anilines is 1. The van der Waals surface area contributed by atoms with Crippen LogP contribution in [-0.4, -0.2) is 33.1 Å². The monoisotopic (exact) mass is 300 g/mol. The van der Waals surface area contributed by atoms with Gasteiger partial charge in [-0.2, -0.15) is 0 Å². The molecule has 0 unspecified atom stereocenters. The molecule has 3 N–H and O–H groups in total. The number of hydrogen-bond donors (Lipinski definition) is 2. The molecular formula is C13H20N2O4S. The average Bonchev–Trinajstić information content (AvgIpc) is 2.24. The maximum Gasteiger partial charge on any atom is 0.337 e. The standard InChI is InChI=1S/C13H20N2O4S/c1-13(2,3)8-15(4)11-6-5-9(20(14,18)19)7-10(11)12(16)17/h5-7H,8H2,1-4H3,(H,16,17)(H2,14,18,19). The molecule has 1 rings (SSSR count). The topological polar surface area (TPSA) is 101 Å². The molecule has 0 bridgehead atoms. The van der Waals surface area contributed by atoms with Gasteiger partial charge in [0.1, 0.15) is 0 Å². The number of benzene rings is 1. The van der Waals surface area contributed by atoms with Crippen molar-refractivity contribution in [1.29, 1.82) is 0 Å². The highest BCUT2D eigenvalue weighted by molar-refractivity contribution is 7.89. The number of aromatic carboxylic acids is 1. The summed E-state index contributed by atoms with van der Waals surface area (Å²) in [7, 11) is -2.15. The molecule has 0 saturated heterocycles. The number of primary sulfonamides is 1. The Balaban J connectivity index is 3.31. The Kier molecular flexibility index (Phi) is 4.45. The first-order valence-corrected chi connectivity index (χ1v) is 7.58. The van der Waals surface area contributed by atoms with Gasteiger partial charge in [0.25, 0.3) is 0 Å². The van der Waals surface area contributed by atoms with Crippen LogP contribution in [0.2, 0.25) is 0 Å². The quantitative estimate of drug-likeness (QED) is 0.878. The molecule has 0 heterocycles. The molecule has 1 aromatic carbocycles. The van der Waals surface area contributed by atoms with E-state index in [1.807, 2.05) is 20.8 Å². The van der Waals surface area contributed by atoms with Gasteiger partial charge < -0.3 is 10.0 Å². The molecule has 0 atom stereocenters. The molecule has 0 radical (unpaired) electrons. The van der Waals surface area contributed by atoms with E-state index in [0.717, 1.165) is 6.07 Å². The highest BCUT2D eigenvalue weighted by atomic mass is 32.2. The van der Waals surface area contributed by atoms with Gasteiger partial charge in [-0.15, -0.1) is 0 Å². The molecule has 20 heavy (non-hydrogen) atoms. The van der Waals surface area contributed by atoms with Crippen LogP contribution in [0.25, 0.3) is 0 Å². The summed E-state index contributed by atoms with van der Waals surface area (Å²) in [4.78, 5) is 12.9. The smallest absolute Gasteiger partial charge is 0.337 e. The summed E-state index contributed by atoms with van der Waals surface area (Å²) in [5.41, 5.74) is 0.353. The fourth-order valence-corrected chi connectivity index (χ4v) is 2.53. The lowest BCUT2D eigenvalue weighted by atomic mass is 9.95. The van der Waals surface area contributed by atoms with E-state index >= 15 is 0 Å². The number of nitrogens with two attached hydrogens (primary N) is 1. The lowest BCUT2D eigenvalue weighted by Crippen LogP contribution is -2.30. The van der Waals surface area contributed by atoms with Crippen LogP contribution < -0.4 is 10.0 Å². The van der Waals surface area contributed by atoms with Crippen molar-refractivity contribution in [2.24, 2.45) is 10.6 Å². The second kappa shape index (κ2) is 5.41. The van der Waals surface area contributed by atoms with Gasteiger partial charge >= 0.3 is 5.97 Å². The maximum atomic E-state index is 11.3. The van der Waals surface area contributed by atoms with E-state index in [2.05, 4.69) is 0 Å². The number of carbonyl (C=O) groups is 1. The van der Waals surface area contributed by atoms with Crippen molar-refractivity contribution in [3.05, 3.63) is 23.8 Å². The first-order chi connectivity index (χ1) is 8.92. The first-order valence-electron chi connectivity index (χ1n) is 6.03. The summed E-state index contributed by atoms with van der Waals surface area (Å²) >= 11 is 0. The van der Waals surface area contributed by atoms with Crippen LogP contribution in [0.5, 0.6) is 0 Å². The van der Waals surface area contributed by atoms with Crippen LogP contribution in [0.1, 0.15) is 31.1 Å². The first kappa shape index (κ1) is 16.5. The normalized spacial score (nSPS) is 12.2. The zero-order valence-electron chi connectivity index (χ0n) is 12.0. The van der Waals surface area contributed by atoms with Gasteiger partial charge in [0, 0.05) is 13.6 Å². The second-order valence-electron chi connectivity index (χ2n) is 5.95. The Bertz CT molecular complexity index is 618. The molecule has 6 nitrogen and oxygen atoms in total. The minimum atomic E-state index is -3.92. The number of hydrogen-bond acceptors (Lipinski definition) is 4. The lowest BCUT2D eigenvalue weighted by molar-refractivity contribution is 0.0697. The van der Waals surface area contributed by atoms with Gasteiger partial charge in [-0.3, -0.25) is 0 Å². The van der Waals surface area contributed by atoms with Gasteiger partial charge in [0.2, 0.25) is 10.0 Å². The molecule has 7 heteroatoms. The van der Waals surface area contributed by atoms with E-state index in [4.69, 9.17) is 5.14 Å². The SMILES string of the molecule is CN(CC(C)(C)C)c1ccc(S(N)(=O)=O)cc1C(=O)O. The second-order valence-corrected chi connectivity index (χ2v) is 7.51. The van der Waals surface area contributed by atoms with Crippen LogP contribution in [-0.2, 0) is 10.0 Å². The molecule has 0 saturated carbocycles. The number of rotatable bonds is 4. The van der Waals surface area contributed by atoms with Crippen molar-refractivity contribution in [3.63, 3.8) is 0 Å². The summed E-state index contributed by atoms with van der Waals surface area (Å²) in [6.45, 7) is 6.72. The Morgan fingerprint density at radius 3 is 2.30 bits per heavy atom. The zero-order chi connectivity index (χ0) is 15.7. The number of sulfonamides is 1. The Morgan fingerprint density at radius 1 is 1.35 bits per heavy atom. The van der Waals surface area contributed by atoms with Crippen LogP contribution in [0.15, 0.2) is 23.1 Å². The Hall–Kier alpha value is -1.60. The fraction of sp³-hybridized carbons (Fsp3) is 0.462. The summed E-state index contributed by atoms with van der Waals surface area (Å²) in [5.74, 6) is -1.19. The Labute approximate surface area is 119 Å². The highest BCUT2D eigenvalue weighted by Crippen LogP contribution is 2.26. The largest absolute Gasteiger partial charge is 0.478 e. The molecular weight excluding hydrogens is 280 g/mol. The number of nitrogens with zero attached hydrogens (tertiary/aromatic N) is 1. The van der Waals surface area contributed by atoms with Gasteiger partial charge in [-0.1, -0.05) is 20.8 Å². The van der Waals surface area contributed by atoms with Crippen molar-refractivity contribution in [1.82, 2.24) is 0 Å². The molecule has 0 amide bonds. The molecule has 112 valence electrons. The van der Waals surface area contributed by atoms with E-state index in [1.54, 1.807) is 11.9 Å². The van der Waals surface area contributed by atoms with Crippen molar-refractivity contribution in [2.45, 2.75) is 25.7 Å². The van der Waals surface area contributed by atoms with E-state index in [1.165, 1.54) is 12.1 Å². The fourth-order valence-electron chi connectivity index (χ4n) is 1.99. The van der Waals surface area contributed by atoms with Crippen molar-refractivity contribution in [3.8, 4) is 0 Å². The number of carboxylic acid groups (broad SMARTS) is 1. The zero-order valence-corrected chi connectivity index (χ0v) is 12.9. The third-order valence-corrected chi connectivity index (χ3v) is 3.56. The van der Waals surface area contributed by atoms with Gasteiger partial charge in [-0.25, -0.2) is 18.4 Å². The molecule has 0 aliphatic rings. The minimum Gasteiger partial charge on any atom is -0.478 e. The van der Waals surface area contributed by atoms with E-state index in [0.29, 0.717) is 12.2 Å². The van der Waals surface area contributed by atoms with Crippen molar-refractivity contribution >= 4 is 21.7 Å². The van der Waals surface area contributed by atoms with Gasteiger partial charge in [-0.05, 0) is 23.6 Å². The summed E-state index contributed by atoms with van der Waals surface area (Å²) in [5, 5.41) is 14.3. The predicted molar refractivity (Wildman–Crippen MR) is 77.5 cm³/mol. The third kappa shape index (κ3) is 4.21. The molecule has 1 aromatic rings. The summed E-state index contributed by atoms with van der Waals surface area (Å²) in [6, 6.07) is 3.87. The molecule has 0 aliphatic carbocycles. The minimum absolute atomic E-state index is 0.0247. The van der Waals surface area contributed by atoms with Crippen LogP contribution in [0.4, 0.5) is 5.69 Å². The lowest BCUT2D eigenvalue weighted by Gasteiger charge is -2.29. The van der Waals surface area contributed by atoms with Gasteiger partial charge in [0.15, 0.2) is 0 Å². The molecule has 0 spiro atoms. The van der Waals surface area contributed by atoms with E-state index < -0.39 is 16.0 Å². The Morgan fingerprint density at radius 2 is 1.90 bits per heavy atom. The predicted octanol–water partition coefficient (Wildman–Crippen LogP) is 1.51. The van der Waals surface area contributed by atoms with Crippen molar-refractivity contribution < 1.29 is 18.3 Å². The molecule has 0 fully saturated rings. The van der Waals surface area contributed by atoms with Crippen LogP contribution in [0, 0.1) is 5.41 Å². The van der Waals surface area contributed by atoms with E-state index in [9.17, 15) is 18.3 Å². The number of carboxylic acids is 1. The molecule has 0 aromatic heterocycles. The summed E-state index contributed by atoms with van der Waals surface area (Å²) < 4.78 is 22.6. The van der Waals surface area contributed by atoms with Gasteiger partial charge in [0.05, 0.1) is 16.1 Å². The van der Waals surface area contributed by atoms with Crippen LogP contribution >= 0.6 is 0 Å². The molecule has 0 aliphatic heterocycles. The maximum absolute atomic E-state index is 11.3.